The largest absolute Gasteiger partial charge is 0.293 e. The molecular formula is C13H17ClOS. The Labute approximate surface area is 106 Å². The van der Waals surface area contributed by atoms with Gasteiger partial charge in [-0.2, -0.15) is 0 Å². The molecule has 0 aliphatic heterocycles. The number of rotatable bonds is 2. The zero-order valence-corrected chi connectivity index (χ0v) is 11.3. The van der Waals surface area contributed by atoms with Gasteiger partial charge in [0.25, 0.3) is 0 Å². The molecule has 1 saturated carbocycles. The molecule has 1 heterocycles. The second-order valence-corrected chi connectivity index (χ2v) is 6.40. The predicted molar refractivity (Wildman–Crippen MR) is 69.3 cm³/mol. The summed E-state index contributed by atoms with van der Waals surface area (Å²) in [7, 11) is 0. The van der Waals surface area contributed by atoms with Crippen LogP contribution in [0.15, 0.2) is 11.4 Å². The first-order chi connectivity index (χ1) is 7.58. The average Bonchev–Trinajstić information content (AvgIpc) is 2.62. The van der Waals surface area contributed by atoms with Gasteiger partial charge in [-0.15, -0.1) is 11.3 Å². The fourth-order valence-corrected chi connectivity index (χ4v) is 3.98. The van der Waals surface area contributed by atoms with E-state index in [1.54, 1.807) is 0 Å². The van der Waals surface area contributed by atoms with Gasteiger partial charge in [-0.05, 0) is 42.5 Å². The molecule has 88 valence electrons. The third kappa shape index (κ3) is 2.49. The number of carbonyl (C=O) groups excluding carboxylic acids is 1. The molecule has 0 spiro atoms. The number of carbonyl (C=O) groups is 1. The maximum absolute atomic E-state index is 12.3. The van der Waals surface area contributed by atoms with Crippen molar-refractivity contribution in [2.24, 2.45) is 17.8 Å². The van der Waals surface area contributed by atoms with Gasteiger partial charge >= 0.3 is 0 Å². The second-order valence-electron chi connectivity index (χ2n) is 5.08. The summed E-state index contributed by atoms with van der Waals surface area (Å²) in [6, 6.07) is 1.81. The van der Waals surface area contributed by atoms with Gasteiger partial charge in [0.2, 0.25) is 0 Å². The van der Waals surface area contributed by atoms with E-state index in [0.29, 0.717) is 16.9 Å². The van der Waals surface area contributed by atoms with E-state index < -0.39 is 0 Å². The Morgan fingerprint density at radius 1 is 1.31 bits per heavy atom. The Hall–Kier alpha value is -0.340. The van der Waals surface area contributed by atoms with Crippen molar-refractivity contribution in [1.29, 1.82) is 0 Å². The van der Waals surface area contributed by atoms with Crippen molar-refractivity contribution < 1.29 is 4.79 Å². The lowest BCUT2D eigenvalue weighted by Crippen LogP contribution is -2.25. The lowest BCUT2D eigenvalue weighted by molar-refractivity contribution is 0.0840. The first-order valence-corrected chi connectivity index (χ1v) is 7.11. The molecule has 1 aromatic heterocycles. The van der Waals surface area contributed by atoms with Gasteiger partial charge in [-0.3, -0.25) is 4.79 Å². The number of thiophene rings is 1. The van der Waals surface area contributed by atoms with Gasteiger partial charge in [-0.25, -0.2) is 0 Å². The normalized spacial score (nSPS) is 30.3. The van der Waals surface area contributed by atoms with Crippen molar-refractivity contribution >= 4 is 28.7 Å². The summed E-state index contributed by atoms with van der Waals surface area (Å²) < 4.78 is 0. The van der Waals surface area contributed by atoms with Gasteiger partial charge in [-0.1, -0.05) is 25.4 Å². The number of hydrogen-bond donors (Lipinski definition) is 0. The lowest BCUT2D eigenvalue weighted by Gasteiger charge is -2.30. The molecule has 0 aromatic carbocycles. The van der Waals surface area contributed by atoms with Gasteiger partial charge in [0, 0.05) is 5.92 Å². The number of ketones is 1. The molecule has 16 heavy (non-hydrogen) atoms. The molecule has 1 nitrogen and oxygen atoms in total. The number of halogens is 1. The Balaban J connectivity index is 2.13. The van der Waals surface area contributed by atoms with E-state index in [4.69, 9.17) is 11.6 Å². The molecule has 1 aromatic rings. The smallest absolute Gasteiger partial charge is 0.177 e. The molecule has 0 saturated heterocycles. The van der Waals surface area contributed by atoms with Crippen molar-refractivity contribution in [1.82, 2.24) is 0 Å². The van der Waals surface area contributed by atoms with Crippen LogP contribution in [0.25, 0.3) is 0 Å². The highest BCUT2D eigenvalue weighted by molar-refractivity contribution is 7.12. The summed E-state index contributed by atoms with van der Waals surface area (Å²) >= 11 is 7.49. The Morgan fingerprint density at radius 2 is 1.94 bits per heavy atom. The second kappa shape index (κ2) is 4.89. The topological polar surface area (TPSA) is 17.1 Å². The number of hydrogen-bond acceptors (Lipinski definition) is 2. The third-order valence-corrected chi connectivity index (χ3v) is 4.75. The van der Waals surface area contributed by atoms with Gasteiger partial charge in [0.1, 0.15) is 0 Å². The molecule has 1 aliphatic rings. The van der Waals surface area contributed by atoms with Gasteiger partial charge < -0.3 is 0 Å². The van der Waals surface area contributed by atoms with E-state index in [0.717, 1.165) is 17.7 Å². The summed E-state index contributed by atoms with van der Waals surface area (Å²) in [5.74, 6) is 1.78. The average molecular weight is 257 g/mol. The Morgan fingerprint density at radius 3 is 2.44 bits per heavy atom. The maximum atomic E-state index is 12.3. The van der Waals surface area contributed by atoms with Crippen LogP contribution in [0.3, 0.4) is 0 Å². The molecule has 1 fully saturated rings. The summed E-state index contributed by atoms with van der Waals surface area (Å²) in [5.41, 5.74) is 0. The Kier molecular flexibility index (Phi) is 3.70. The summed E-state index contributed by atoms with van der Waals surface area (Å²) in [6.07, 6.45) is 3.30. The molecule has 0 amide bonds. The first-order valence-electron chi connectivity index (χ1n) is 5.85. The monoisotopic (exact) mass is 256 g/mol. The molecular weight excluding hydrogens is 240 g/mol. The predicted octanol–water partition coefficient (Wildman–Crippen LogP) is 4.66. The van der Waals surface area contributed by atoms with E-state index in [1.807, 2.05) is 11.4 Å². The molecule has 2 atom stereocenters. The number of Topliss-reactive ketones (excluding diaryl/α,β-unsaturated/α-hetero) is 1. The lowest BCUT2D eigenvalue weighted by atomic mass is 9.75. The molecule has 1 aliphatic carbocycles. The summed E-state index contributed by atoms with van der Waals surface area (Å²) in [4.78, 5) is 13.1. The van der Waals surface area contributed by atoms with Gasteiger partial charge in [0.15, 0.2) is 5.78 Å². The van der Waals surface area contributed by atoms with Crippen LogP contribution in [-0.2, 0) is 0 Å². The highest BCUT2D eigenvalue weighted by Gasteiger charge is 2.30. The summed E-state index contributed by atoms with van der Waals surface area (Å²) in [5, 5.41) is 2.52. The van der Waals surface area contributed by atoms with E-state index in [9.17, 15) is 4.79 Å². The van der Waals surface area contributed by atoms with E-state index >= 15 is 0 Å². The van der Waals surface area contributed by atoms with Crippen molar-refractivity contribution in [3.05, 3.63) is 21.3 Å². The van der Waals surface area contributed by atoms with Crippen molar-refractivity contribution in [3.8, 4) is 0 Å². The quantitative estimate of drug-likeness (QED) is 0.704. The van der Waals surface area contributed by atoms with Crippen LogP contribution in [-0.4, -0.2) is 5.78 Å². The molecule has 2 rings (SSSR count). The van der Waals surface area contributed by atoms with Crippen LogP contribution >= 0.6 is 22.9 Å². The van der Waals surface area contributed by atoms with Crippen LogP contribution in [0.1, 0.15) is 42.8 Å². The van der Waals surface area contributed by atoms with Crippen LogP contribution in [0, 0.1) is 17.8 Å². The van der Waals surface area contributed by atoms with Crippen molar-refractivity contribution in [2.45, 2.75) is 33.1 Å². The molecule has 0 bridgehead atoms. The molecule has 2 unspecified atom stereocenters. The third-order valence-electron chi connectivity index (χ3n) is 3.39. The maximum Gasteiger partial charge on any atom is 0.177 e. The molecule has 3 heteroatoms. The van der Waals surface area contributed by atoms with E-state index in [1.165, 1.54) is 17.8 Å². The summed E-state index contributed by atoms with van der Waals surface area (Å²) in [6.45, 7) is 4.48. The minimum atomic E-state index is 0.190. The fraction of sp³-hybridized carbons (Fsp3) is 0.615. The SMILES string of the molecule is CC1CC(C)CC(C(=O)c2sccc2Cl)C1. The fourth-order valence-electron chi connectivity index (χ4n) is 2.82. The Bertz CT molecular complexity index is 375. The van der Waals surface area contributed by atoms with Crippen LogP contribution in [0.2, 0.25) is 5.02 Å². The van der Waals surface area contributed by atoms with Crippen LogP contribution < -0.4 is 0 Å². The minimum absolute atomic E-state index is 0.190. The standard InChI is InChI=1S/C13H17ClOS/c1-8-5-9(2)7-10(6-8)12(15)13-11(14)3-4-16-13/h3-4,8-10H,5-7H2,1-2H3. The highest BCUT2D eigenvalue weighted by Crippen LogP contribution is 2.36. The van der Waals surface area contributed by atoms with E-state index in [2.05, 4.69) is 13.8 Å². The van der Waals surface area contributed by atoms with E-state index in [-0.39, 0.29) is 11.7 Å². The van der Waals surface area contributed by atoms with Crippen molar-refractivity contribution in [2.75, 3.05) is 0 Å². The van der Waals surface area contributed by atoms with Crippen LogP contribution in [0.4, 0.5) is 0 Å². The minimum Gasteiger partial charge on any atom is -0.293 e. The highest BCUT2D eigenvalue weighted by atomic mass is 35.5. The zero-order valence-electron chi connectivity index (χ0n) is 9.70. The van der Waals surface area contributed by atoms with Gasteiger partial charge in [0.05, 0.1) is 9.90 Å². The molecule has 0 N–H and O–H groups in total. The van der Waals surface area contributed by atoms with Crippen LogP contribution in [0.5, 0.6) is 0 Å². The zero-order chi connectivity index (χ0) is 11.7. The molecule has 0 radical (unpaired) electrons. The van der Waals surface area contributed by atoms with Crippen molar-refractivity contribution in [3.63, 3.8) is 0 Å². The first kappa shape index (κ1) is 12.1.